The number of nitrogens with zero attached hydrogens (tertiary/aromatic N) is 3. The lowest BCUT2D eigenvalue weighted by molar-refractivity contribution is 0.0968. The normalized spacial score (nSPS) is 14.9. The number of alkyl halides is 3. The van der Waals surface area contributed by atoms with Crippen molar-refractivity contribution in [2.24, 2.45) is 7.05 Å². The van der Waals surface area contributed by atoms with Crippen LogP contribution in [0.2, 0.25) is 0 Å². The highest BCUT2D eigenvalue weighted by Gasteiger charge is 2.37. The molecule has 0 aliphatic heterocycles. The summed E-state index contributed by atoms with van der Waals surface area (Å²) in [6, 6.07) is 8.48. The van der Waals surface area contributed by atoms with Crippen LogP contribution in [0.25, 0.3) is 22.3 Å². The molecule has 0 amide bonds. The average Bonchev–Trinajstić information content (AvgIpc) is 3.38. The Kier molecular flexibility index (Phi) is 3.68. The lowest BCUT2D eigenvalue weighted by Gasteiger charge is -2.13. The first-order chi connectivity index (χ1) is 11.9. The molecule has 2 aromatic heterocycles. The van der Waals surface area contributed by atoms with Gasteiger partial charge in [-0.2, -0.15) is 13.9 Å². The Balaban J connectivity index is 2.00. The second-order valence-corrected chi connectivity index (χ2v) is 6.74. The Morgan fingerprint density at radius 1 is 1.28 bits per heavy atom. The molecule has 1 aliphatic rings. The Labute approximate surface area is 148 Å². The zero-order chi connectivity index (χ0) is 17.8. The molecule has 25 heavy (non-hydrogen) atoms. The van der Waals surface area contributed by atoms with E-state index in [4.69, 9.17) is 16.3 Å². The number of ether oxygens (including phenoxy) is 1. The quantitative estimate of drug-likeness (QED) is 0.624. The van der Waals surface area contributed by atoms with E-state index in [0.717, 1.165) is 12.8 Å². The monoisotopic (exact) mass is 363 g/mol. The minimum atomic E-state index is -3.50. The molecule has 0 radical (unpaired) electrons. The van der Waals surface area contributed by atoms with Gasteiger partial charge in [0.2, 0.25) is 0 Å². The third-order valence-corrected chi connectivity index (χ3v) is 4.66. The van der Waals surface area contributed by atoms with Crippen LogP contribution in [-0.2, 0) is 12.4 Å². The third-order valence-electron chi connectivity index (χ3n) is 4.46. The molecule has 1 fully saturated rings. The number of hydrogen-bond acceptors (Lipinski definition) is 3. The maximum atomic E-state index is 14.2. The van der Waals surface area contributed by atoms with Crippen LogP contribution in [-0.4, -0.2) is 21.9 Å². The van der Waals surface area contributed by atoms with Gasteiger partial charge in [-0.05, 0) is 42.6 Å². The van der Waals surface area contributed by atoms with Crippen molar-refractivity contribution in [3.63, 3.8) is 0 Å². The van der Waals surface area contributed by atoms with Crippen LogP contribution in [0.4, 0.5) is 8.78 Å². The number of aromatic nitrogens is 3. The number of halogens is 3. The lowest BCUT2D eigenvalue weighted by atomic mass is 10.0. The van der Waals surface area contributed by atoms with Crippen molar-refractivity contribution in [3.8, 4) is 17.0 Å². The van der Waals surface area contributed by atoms with Gasteiger partial charge in [-0.25, -0.2) is 4.98 Å². The van der Waals surface area contributed by atoms with E-state index in [0.29, 0.717) is 33.7 Å². The molecule has 0 unspecified atom stereocenters. The summed E-state index contributed by atoms with van der Waals surface area (Å²) in [4.78, 5) is 4.58. The van der Waals surface area contributed by atoms with Crippen molar-refractivity contribution in [2.75, 3.05) is 7.11 Å². The fourth-order valence-corrected chi connectivity index (χ4v) is 3.22. The van der Waals surface area contributed by atoms with Crippen LogP contribution in [0.1, 0.15) is 30.0 Å². The second kappa shape index (κ2) is 5.66. The predicted molar refractivity (Wildman–Crippen MR) is 92.2 cm³/mol. The first-order valence-corrected chi connectivity index (χ1v) is 8.35. The van der Waals surface area contributed by atoms with E-state index in [1.54, 1.807) is 43.1 Å². The molecule has 4 nitrogen and oxygen atoms in total. The number of pyridine rings is 1. The highest BCUT2D eigenvalue weighted by Crippen LogP contribution is 2.47. The summed E-state index contributed by atoms with van der Waals surface area (Å²) in [7, 11) is 3.27. The minimum absolute atomic E-state index is 0.214. The van der Waals surface area contributed by atoms with Crippen LogP contribution in [0.5, 0.6) is 5.75 Å². The molecule has 0 bridgehead atoms. The van der Waals surface area contributed by atoms with Crippen LogP contribution in [0.3, 0.4) is 0 Å². The molecular weight excluding hydrogens is 348 g/mol. The molecule has 2 heterocycles. The highest BCUT2D eigenvalue weighted by atomic mass is 35.5. The number of rotatable bonds is 4. The summed E-state index contributed by atoms with van der Waals surface area (Å²) in [6.45, 7) is 0. The van der Waals surface area contributed by atoms with E-state index in [9.17, 15) is 8.78 Å². The largest absolute Gasteiger partial charge is 0.497 e. The SMILES string of the molecule is COc1cccc(-c2cc(C(F)(F)Cl)c3c(C4CC4)nn(C)c3n2)c1. The predicted octanol–water partition coefficient (Wildman–Crippen LogP) is 4.81. The standard InChI is InChI=1S/C18H16ClF2N3O/c1-24-17-15(16(23-24)10-6-7-10)13(18(19,20)21)9-14(22-17)11-4-3-5-12(8-11)25-2/h3-5,8-10H,6-7H2,1-2H3. The highest BCUT2D eigenvalue weighted by molar-refractivity contribution is 6.22. The topological polar surface area (TPSA) is 39.9 Å². The number of aryl methyl sites for hydroxylation is 1. The summed E-state index contributed by atoms with van der Waals surface area (Å²) >= 11 is 5.44. The van der Waals surface area contributed by atoms with Gasteiger partial charge >= 0.3 is 5.38 Å². The van der Waals surface area contributed by atoms with Gasteiger partial charge in [-0.3, -0.25) is 4.68 Å². The van der Waals surface area contributed by atoms with Crippen LogP contribution < -0.4 is 4.74 Å². The van der Waals surface area contributed by atoms with E-state index in [1.165, 1.54) is 6.07 Å². The van der Waals surface area contributed by atoms with Crippen molar-refractivity contribution in [3.05, 3.63) is 41.6 Å². The molecule has 3 aromatic rings. The minimum Gasteiger partial charge on any atom is -0.497 e. The molecule has 4 rings (SSSR count). The van der Waals surface area contributed by atoms with E-state index in [2.05, 4.69) is 10.1 Å². The molecule has 1 saturated carbocycles. The first-order valence-electron chi connectivity index (χ1n) is 7.97. The maximum absolute atomic E-state index is 14.2. The molecule has 7 heteroatoms. The van der Waals surface area contributed by atoms with Gasteiger partial charge in [0.15, 0.2) is 5.65 Å². The second-order valence-electron chi connectivity index (χ2n) is 6.27. The van der Waals surface area contributed by atoms with Crippen LogP contribution >= 0.6 is 11.6 Å². The molecule has 0 saturated heterocycles. The zero-order valence-corrected chi connectivity index (χ0v) is 14.5. The van der Waals surface area contributed by atoms with Crippen molar-refractivity contribution in [1.82, 2.24) is 14.8 Å². The van der Waals surface area contributed by atoms with Gasteiger partial charge in [-0.1, -0.05) is 12.1 Å². The maximum Gasteiger partial charge on any atom is 0.349 e. The van der Waals surface area contributed by atoms with E-state index >= 15 is 0 Å². The van der Waals surface area contributed by atoms with E-state index in [1.807, 2.05) is 0 Å². The summed E-state index contributed by atoms with van der Waals surface area (Å²) in [5.41, 5.74) is 1.92. The first kappa shape index (κ1) is 16.3. The molecule has 0 spiro atoms. The van der Waals surface area contributed by atoms with Gasteiger partial charge in [-0.15, -0.1) is 0 Å². The molecule has 1 aromatic carbocycles. The fraction of sp³-hybridized carbons (Fsp3) is 0.333. The van der Waals surface area contributed by atoms with Gasteiger partial charge in [0.1, 0.15) is 5.75 Å². The molecule has 130 valence electrons. The summed E-state index contributed by atoms with van der Waals surface area (Å²) in [5, 5.41) is 1.31. The summed E-state index contributed by atoms with van der Waals surface area (Å²) in [5.74, 6) is 0.841. The van der Waals surface area contributed by atoms with Gasteiger partial charge in [0.05, 0.1) is 29.4 Å². The smallest absolute Gasteiger partial charge is 0.349 e. The lowest BCUT2D eigenvalue weighted by Crippen LogP contribution is -2.06. The molecule has 0 atom stereocenters. The molecule has 0 N–H and O–H groups in total. The number of methoxy groups -OCH3 is 1. The molecule has 1 aliphatic carbocycles. The van der Waals surface area contributed by atoms with Crippen molar-refractivity contribution < 1.29 is 13.5 Å². The van der Waals surface area contributed by atoms with E-state index < -0.39 is 5.38 Å². The fourth-order valence-electron chi connectivity index (χ4n) is 3.07. The molecular formula is C18H16ClF2N3O. The Hall–Kier alpha value is -2.21. The van der Waals surface area contributed by atoms with Crippen LogP contribution in [0.15, 0.2) is 30.3 Å². The summed E-state index contributed by atoms with van der Waals surface area (Å²) in [6.07, 6.45) is 1.91. The van der Waals surface area contributed by atoms with Gasteiger partial charge in [0.25, 0.3) is 0 Å². The van der Waals surface area contributed by atoms with E-state index in [-0.39, 0.29) is 11.5 Å². The van der Waals surface area contributed by atoms with Crippen molar-refractivity contribution >= 4 is 22.6 Å². The van der Waals surface area contributed by atoms with Crippen molar-refractivity contribution in [2.45, 2.75) is 24.1 Å². The van der Waals surface area contributed by atoms with Gasteiger partial charge < -0.3 is 4.74 Å². The Morgan fingerprint density at radius 2 is 2.04 bits per heavy atom. The third kappa shape index (κ3) is 2.84. The van der Waals surface area contributed by atoms with Crippen molar-refractivity contribution in [1.29, 1.82) is 0 Å². The Morgan fingerprint density at radius 3 is 2.68 bits per heavy atom. The number of benzene rings is 1. The number of fused-ring (bicyclic) bond motifs is 1. The number of hydrogen-bond donors (Lipinski definition) is 0. The van der Waals surface area contributed by atoms with Gasteiger partial charge in [0, 0.05) is 18.5 Å². The summed E-state index contributed by atoms with van der Waals surface area (Å²) < 4.78 is 35.1. The average molecular weight is 364 g/mol. The zero-order valence-electron chi connectivity index (χ0n) is 13.8. The van der Waals surface area contributed by atoms with Crippen LogP contribution in [0, 0.1) is 0 Å². The Bertz CT molecular complexity index is 961.